The molecule has 38 heavy (non-hydrogen) atoms. The van der Waals surface area contributed by atoms with Crippen LogP contribution in [0, 0.1) is 0 Å². The lowest BCUT2D eigenvalue weighted by Crippen LogP contribution is -1.97. The third kappa shape index (κ3) is 12.8. The molecule has 0 saturated heterocycles. The van der Waals surface area contributed by atoms with E-state index in [4.69, 9.17) is 4.74 Å². The van der Waals surface area contributed by atoms with Crippen molar-refractivity contribution in [1.29, 1.82) is 0 Å². The molecule has 0 amide bonds. The molecule has 1 aliphatic carbocycles. The fourth-order valence-corrected chi connectivity index (χ4v) is 5.08. The van der Waals surface area contributed by atoms with Crippen LogP contribution in [0.25, 0.3) is 0 Å². The number of hydrogen-bond acceptors (Lipinski definition) is 2. The van der Waals surface area contributed by atoms with Crippen molar-refractivity contribution < 1.29 is 4.74 Å². The second kappa shape index (κ2) is 19.5. The Morgan fingerprint density at radius 3 is 1.63 bits per heavy atom. The van der Waals surface area contributed by atoms with Crippen LogP contribution >= 0.6 is 0 Å². The van der Waals surface area contributed by atoms with E-state index in [1.165, 1.54) is 102 Å². The number of aliphatic imine (C=N–C) groups is 1. The molecule has 3 rings (SSSR count). The highest BCUT2D eigenvalue weighted by Crippen LogP contribution is 2.25. The van der Waals surface area contributed by atoms with E-state index >= 15 is 0 Å². The van der Waals surface area contributed by atoms with E-state index in [9.17, 15) is 0 Å². The zero-order valence-corrected chi connectivity index (χ0v) is 24.0. The molecular formula is C36H51NO. The van der Waals surface area contributed by atoms with Crippen molar-refractivity contribution in [3.8, 4) is 5.75 Å². The van der Waals surface area contributed by atoms with Gasteiger partial charge >= 0.3 is 0 Å². The molecule has 0 saturated carbocycles. The smallest absolute Gasteiger partial charge is 0.119 e. The van der Waals surface area contributed by atoms with E-state index in [-0.39, 0.29) is 0 Å². The third-order valence-corrected chi connectivity index (χ3v) is 7.54. The summed E-state index contributed by atoms with van der Waals surface area (Å²) in [5, 5.41) is 0. The summed E-state index contributed by atoms with van der Waals surface area (Å²) in [6.07, 6.45) is 32.9. The molecule has 2 nitrogen and oxygen atoms in total. The maximum atomic E-state index is 5.95. The molecule has 0 atom stereocenters. The van der Waals surface area contributed by atoms with E-state index in [0.717, 1.165) is 30.0 Å². The van der Waals surface area contributed by atoms with Crippen LogP contribution in [0.4, 0.5) is 5.69 Å². The van der Waals surface area contributed by atoms with Gasteiger partial charge < -0.3 is 4.74 Å². The molecule has 2 heteroatoms. The molecule has 0 spiro atoms. The van der Waals surface area contributed by atoms with Crippen LogP contribution in [0.15, 0.2) is 77.8 Å². The van der Waals surface area contributed by atoms with Gasteiger partial charge in [-0.15, -0.1) is 0 Å². The number of nitrogens with zero attached hydrogens (tertiary/aromatic N) is 1. The lowest BCUT2D eigenvalue weighted by molar-refractivity contribution is 0.304. The second-order valence-electron chi connectivity index (χ2n) is 10.9. The molecule has 0 radical (unpaired) electrons. The molecule has 206 valence electrons. The first-order chi connectivity index (χ1) is 18.8. The first-order valence-corrected chi connectivity index (χ1v) is 15.6. The van der Waals surface area contributed by atoms with Crippen molar-refractivity contribution in [2.45, 2.75) is 116 Å². The summed E-state index contributed by atoms with van der Waals surface area (Å²) in [5.74, 6) is 1.35. The van der Waals surface area contributed by atoms with Crippen LogP contribution in [-0.2, 0) is 0 Å². The normalized spacial score (nSPS) is 13.2. The third-order valence-electron chi connectivity index (χ3n) is 7.54. The molecule has 0 heterocycles. The summed E-state index contributed by atoms with van der Waals surface area (Å²) in [4.78, 5) is 4.62. The number of unbranched alkanes of at least 4 members (excludes halogenated alkanes) is 15. The van der Waals surface area contributed by atoms with Gasteiger partial charge in [0.2, 0.25) is 0 Å². The van der Waals surface area contributed by atoms with E-state index in [1.807, 2.05) is 6.21 Å². The molecule has 0 bridgehead atoms. The predicted molar refractivity (Wildman–Crippen MR) is 166 cm³/mol. The minimum absolute atomic E-state index is 0.403. The lowest BCUT2D eigenvalue weighted by atomic mass is 10.0. The zero-order valence-electron chi connectivity index (χ0n) is 24.0. The van der Waals surface area contributed by atoms with Crippen LogP contribution < -0.4 is 4.74 Å². The van der Waals surface area contributed by atoms with Gasteiger partial charge in [0.05, 0.1) is 12.3 Å². The topological polar surface area (TPSA) is 21.6 Å². The molecule has 0 aromatic heterocycles. The quantitative estimate of drug-likeness (QED) is 0.120. The molecule has 0 aliphatic heterocycles. The molecule has 0 unspecified atom stereocenters. The summed E-state index contributed by atoms with van der Waals surface area (Å²) in [6.45, 7) is 3.10. The summed E-state index contributed by atoms with van der Waals surface area (Å²) in [5.41, 5.74) is 3.37. The number of benzene rings is 2. The predicted octanol–water partition coefficient (Wildman–Crippen LogP) is 11.3. The molecule has 0 N–H and O–H groups in total. The fraction of sp³-hybridized carbons (Fsp3) is 0.528. The maximum Gasteiger partial charge on any atom is 0.119 e. The summed E-state index contributed by atoms with van der Waals surface area (Å²) >= 11 is 0. The number of allylic oxidation sites excluding steroid dienone is 4. The lowest BCUT2D eigenvalue weighted by Gasteiger charge is -2.07. The molecule has 0 fully saturated rings. The highest BCUT2D eigenvalue weighted by molar-refractivity contribution is 5.82. The van der Waals surface area contributed by atoms with Crippen LogP contribution in [0.2, 0.25) is 0 Å². The fourth-order valence-electron chi connectivity index (χ4n) is 5.08. The van der Waals surface area contributed by atoms with E-state index < -0.39 is 0 Å². The van der Waals surface area contributed by atoms with Crippen LogP contribution in [0.3, 0.4) is 0 Å². The first-order valence-electron chi connectivity index (χ1n) is 15.6. The summed E-state index contributed by atoms with van der Waals surface area (Å²) < 4.78 is 5.95. The van der Waals surface area contributed by atoms with E-state index in [0.29, 0.717) is 5.92 Å². The Balaban J connectivity index is 1.15. The van der Waals surface area contributed by atoms with Crippen molar-refractivity contribution >= 4 is 11.9 Å². The van der Waals surface area contributed by atoms with Gasteiger partial charge in [0.15, 0.2) is 0 Å². The Labute approximate surface area is 233 Å². The van der Waals surface area contributed by atoms with Crippen molar-refractivity contribution in [3.63, 3.8) is 0 Å². The second-order valence-corrected chi connectivity index (χ2v) is 10.9. The van der Waals surface area contributed by atoms with E-state index in [2.05, 4.69) is 84.8 Å². The summed E-state index contributed by atoms with van der Waals surface area (Å²) in [7, 11) is 0. The molecular weight excluding hydrogens is 462 g/mol. The maximum absolute atomic E-state index is 5.95. The van der Waals surface area contributed by atoms with Gasteiger partial charge in [0.1, 0.15) is 5.75 Å². The van der Waals surface area contributed by atoms with Crippen molar-refractivity contribution in [2.24, 2.45) is 4.99 Å². The Morgan fingerprint density at radius 2 is 1.11 bits per heavy atom. The van der Waals surface area contributed by atoms with Gasteiger partial charge in [-0.3, -0.25) is 4.99 Å². The number of rotatable bonds is 21. The molecule has 2 aromatic rings. The van der Waals surface area contributed by atoms with Gasteiger partial charge in [-0.2, -0.15) is 0 Å². The highest BCUT2D eigenvalue weighted by atomic mass is 16.5. The first kappa shape index (κ1) is 29.9. The van der Waals surface area contributed by atoms with Gasteiger partial charge in [-0.1, -0.05) is 140 Å². The van der Waals surface area contributed by atoms with Crippen molar-refractivity contribution in [1.82, 2.24) is 0 Å². The largest absolute Gasteiger partial charge is 0.494 e. The Bertz CT molecular complexity index is 926. The average molecular weight is 514 g/mol. The van der Waals surface area contributed by atoms with Gasteiger partial charge in [-0.25, -0.2) is 0 Å². The van der Waals surface area contributed by atoms with Gasteiger partial charge in [-0.05, 0) is 53.9 Å². The SMILES string of the molecule is CCCCCCCCCCCCCCCCCCOc1ccc(C=Nc2ccc(C3C=CC=C3)cc2)cc1. The summed E-state index contributed by atoms with van der Waals surface area (Å²) in [6, 6.07) is 16.7. The van der Waals surface area contributed by atoms with Crippen LogP contribution in [-0.4, -0.2) is 12.8 Å². The van der Waals surface area contributed by atoms with Crippen LogP contribution in [0.5, 0.6) is 5.75 Å². The Kier molecular flexibility index (Phi) is 15.3. The standard InChI is InChI=1S/C36H51NO/c1-2-3-4-5-6-7-8-9-10-11-12-13-14-15-16-19-30-38-36-28-22-32(23-29-36)31-37-35-26-24-34(25-27-35)33-20-17-18-21-33/h17-18,20-29,31,33H,2-16,19,30H2,1H3. The van der Waals surface area contributed by atoms with Crippen LogP contribution in [0.1, 0.15) is 127 Å². The minimum atomic E-state index is 0.403. The minimum Gasteiger partial charge on any atom is -0.494 e. The monoisotopic (exact) mass is 513 g/mol. The van der Waals surface area contributed by atoms with Gasteiger partial charge in [0, 0.05) is 12.1 Å². The van der Waals surface area contributed by atoms with Crippen molar-refractivity contribution in [2.75, 3.05) is 6.61 Å². The van der Waals surface area contributed by atoms with Gasteiger partial charge in [0.25, 0.3) is 0 Å². The number of hydrogen-bond donors (Lipinski definition) is 0. The zero-order chi connectivity index (χ0) is 26.5. The molecule has 2 aromatic carbocycles. The van der Waals surface area contributed by atoms with Crippen molar-refractivity contribution in [3.05, 3.63) is 84.0 Å². The Hall–Kier alpha value is -2.61. The van der Waals surface area contributed by atoms with E-state index in [1.54, 1.807) is 0 Å². The Morgan fingerprint density at radius 1 is 0.605 bits per heavy atom. The molecule has 1 aliphatic rings. The average Bonchev–Trinajstić information content (AvgIpc) is 3.50. The number of ether oxygens (including phenoxy) is 1. The highest BCUT2D eigenvalue weighted by Gasteiger charge is 2.06.